The van der Waals surface area contributed by atoms with Gasteiger partial charge in [-0.05, 0) is 39.0 Å². The lowest BCUT2D eigenvalue weighted by Crippen LogP contribution is -2.40. The van der Waals surface area contributed by atoms with Crippen molar-refractivity contribution in [3.8, 4) is 0 Å². The zero-order valence-corrected chi connectivity index (χ0v) is 15.6. The number of allylic oxidation sites excluding steroid dienone is 2. The van der Waals surface area contributed by atoms with E-state index >= 15 is 0 Å². The summed E-state index contributed by atoms with van der Waals surface area (Å²) in [7, 11) is 0. The molecule has 1 saturated heterocycles. The number of hydrogen-bond acceptors (Lipinski definition) is 7. The standard InChI is InChI=1S/C20H24O7/c1-5-11(2)18(23)27-16-9-20(4,25)7-6-14(22)13(10-21)8-15-17(16)12(3)19(24)26-15/h5-8,15-17,21,25H,3,9-10H2,1-2,4H3/b7-6?,11-5+,13-8?. The van der Waals surface area contributed by atoms with Crippen LogP contribution in [0, 0.1) is 5.92 Å². The summed E-state index contributed by atoms with van der Waals surface area (Å²) in [6, 6.07) is 0. The number of ketones is 1. The van der Waals surface area contributed by atoms with Gasteiger partial charge in [0.2, 0.25) is 0 Å². The number of aliphatic hydroxyl groups excluding tert-OH is 1. The van der Waals surface area contributed by atoms with Gasteiger partial charge in [0, 0.05) is 23.1 Å². The molecule has 0 aromatic heterocycles. The van der Waals surface area contributed by atoms with Crippen LogP contribution in [0.15, 0.2) is 47.6 Å². The molecule has 2 N–H and O–H groups in total. The van der Waals surface area contributed by atoms with E-state index in [1.807, 2.05) is 0 Å². The highest BCUT2D eigenvalue weighted by Crippen LogP contribution is 2.37. The van der Waals surface area contributed by atoms with E-state index in [1.54, 1.807) is 19.9 Å². The van der Waals surface area contributed by atoms with Gasteiger partial charge >= 0.3 is 11.9 Å². The molecule has 4 atom stereocenters. The lowest BCUT2D eigenvalue weighted by Gasteiger charge is -2.31. The predicted octanol–water partition coefficient (Wildman–Crippen LogP) is 1.16. The highest BCUT2D eigenvalue weighted by Gasteiger charge is 2.46. The first-order valence-corrected chi connectivity index (χ1v) is 8.60. The summed E-state index contributed by atoms with van der Waals surface area (Å²) in [5, 5.41) is 20.1. The molecule has 1 aliphatic heterocycles. The van der Waals surface area contributed by atoms with Crippen molar-refractivity contribution in [2.24, 2.45) is 5.92 Å². The topological polar surface area (TPSA) is 110 Å². The van der Waals surface area contributed by atoms with Gasteiger partial charge in [-0.3, -0.25) is 4.79 Å². The van der Waals surface area contributed by atoms with Crippen molar-refractivity contribution in [2.45, 2.75) is 45.0 Å². The third-order valence-corrected chi connectivity index (χ3v) is 4.74. The van der Waals surface area contributed by atoms with Gasteiger partial charge in [0.15, 0.2) is 5.78 Å². The maximum atomic E-state index is 12.3. The van der Waals surface area contributed by atoms with Crippen LogP contribution in [0.5, 0.6) is 0 Å². The van der Waals surface area contributed by atoms with Crippen molar-refractivity contribution in [1.82, 2.24) is 0 Å². The summed E-state index contributed by atoms with van der Waals surface area (Å²) in [5.41, 5.74) is -1.04. The minimum absolute atomic E-state index is 0.0103. The van der Waals surface area contributed by atoms with E-state index in [4.69, 9.17) is 9.47 Å². The third-order valence-electron chi connectivity index (χ3n) is 4.74. The van der Waals surface area contributed by atoms with Crippen molar-refractivity contribution in [2.75, 3.05) is 6.61 Å². The van der Waals surface area contributed by atoms with Crippen LogP contribution in [-0.2, 0) is 23.9 Å². The molecule has 4 unspecified atom stereocenters. The van der Waals surface area contributed by atoms with Crippen molar-refractivity contribution < 1.29 is 34.1 Å². The van der Waals surface area contributed by atoms with Gasteiger partial charge in [-0.1, -0.05) is 12.7 Å². The summed E-state index contributed by atoms with van der Waals surface area (Å²) < 4.78 is 10.8. The van der Waals surface area contributed by atoms with Crippen molar-refractivity contribution in [3.05, 3.63) is 47.6 Å². The SMILES string of the molecule is C=C1C(=O)OC2C=C(CO)C(=O)C=CC(C)(O)CC(OC(=O)/C(C)=C/C)C12. The minimum Gasteiger partial charge on any atom is -0.458 e. The van der Waals surface area contributed by atoms with E-state index in [-0.39, 0.29) is 17.6 Å². The van der Waals surface area contributed by atoms with Gasteiger partial charge < -0.3 is 19.7 Å². The van der Waals surface area contributed by atoms with Crippen LogP contribution < -0.4 is 0 Å². The van der Waals surface area contributed by atoms with E-state index < -0.39 is 48.1 Å². The lowest BCUT2D eigenvalue weighted by molar-refractivity contribution is -0.150. The highest BCUT2D eigenvalue weighted by molar-refractivity contribution is 6.04. The second-order valence-corrected chi connectivity index (χ2v) is 6.95. The quantitative estimate of drug-likeness (QED) is 0.562. The predicted molar refractivity (Wildman–Crippen MR) is 96.4 cm³/mol. The molecule has 0 saturated carbocycles. The molecule has 27 heavy (non-hydrogen) atoms. The average molecular weight is 376 g/mol. The van der Waals surface area contributed by atoms with Crippen molar-refractivity contribution in [3.63, 3.8) is 0 Å². The van der Waals surface area contributed by atoms with Crippen molar-refractivity contribution >= 4 is 17.7 Å². The van der Waals surface area contributed by atoms with Gasteiger partial charge in [-0.2, -0.15) is 0 Å². The van der Waals surface area contributed by atoms with Crippen molar-refractivity contribution in [1.29, 1.82) is 0 Å². The smallest absolute Gasteiger partial charge is 0.334 e. The fourth-order valence-corrected chi connectivity index (χ4v) is 3.02. The fourth-order valence-electron chi connectivity index (χ4n) is 3.02. The Balaban J connectivity index is 2.53. The summed E-state index contributed by atoms with van der Waals surface area (Å²) in [4.78, 5) is 36.6. The monoisotopic (exact) mass is 376 g/mol. The van der Waals surface area contributed by atoms with Crippen LogP contribution in [0.4, 0.5) is 0 Å². The van der Waals surface area contributed by atoms with Gasteiger partial charge in [0.05, 0.1) is 18.1 Å². The molecule has 2 rings (SSSR count). The number of carbonyl (C=O) groups is 3. The zero-order chi connectivity index (χ0) is 20.4. The number of carbonyl (C=O) groups excluding carboxylic acids is 3. The number of rotatable bonds is 3. The van der Waals surface area contributed by atoms with Gasteiger partial charge in [-0.25, -0.2) is 9.59 Å². The minimum atomic E-state index is -1.50. The summed E-state index contributed by atoms with van der Waals surface area (Å²) in [5.74, 6) is -2.57. The summed E-state index contributed by atoms with van der Waals surface area (Å²) >= 11 is 0. The number of fused-ring (bicyclic) bond motifs is 1. The molecule has 1 heterocycles. The molecule has 2 aliphatic rings. The Labute approximate surface area is 157 Å². The Hall–Kier alpha value is -2.51. The largest absolute Gasteiger partial charge is 0.458 e. The number of aliphatic hydroxyl groups is 2. The molecule has 0 aromatic rings. The first kappa shape index (κ1) is 20.8. The van der Waals surface area contributed by atoms with Crippen LogP contribution in [0.25, 0.3) is 0 Å². The number of hydrogen-bond donors (Lipinski definition) is 2. The van der Waals surface area contributed by atoms with Gasteiger partial charge in [0.1, 0.15) is 12.2 Å². The average Bonchev–Trinajstić information content (AvgIpc) is 2.89. The Bertz CT molecular complexity index is 754. The molecule has 0 bridgehead atoms. The van der Waals surface area contributed by atoms with Crippen LogP contribution in [0.3, 0.4) is 0 Å². The Morgan fingerprint density at radius 1 is 1.48 bits per heavy atom. The molecule has 146 valence electrons. The molecular formula is C20H24O7. The maximum absolute atomic E-state index is 12.3. The normalized spacial score (nSPS) is 31.9. The molecule has 0 radical (unpaired) electrons. The van der Waals surface area contributed by atoms with Crippen LogP contribution in [0.2, 0.25) is 0 Å². The third kappa shape index (κ3) is 4.61. The molecule has 7 heteroatoms. The van der Waals surface area contributed by atoms with Gasteiger partial charge in [-0.15, -0.1) is 0 Å². The molecule has 1 aliphatic carbocycles. The molecule has 7 nitrogen and oxygen atoms in total. The molecule has 1 fully saturated rings. The fraction of sp³-hybridized carbons (Fsp3) is 0.450. The van der Waals surface area contributed by atoms with Crippen LogP contribution in [-0.4, -0.2) is 52.4 Å². The summed E-state index contributed by atoms with van der Waals surface area (Å²) in [6.45, 7) is 7.90. The second-order valence-electron chi connectivity index (χ2n) is 6.95. The first-order valence-electron chi connectivity index (χ1n) is 8.60. The molecule has 0 aromatic carbocycles. The molecule has 0 amide bonds. The van der Waals surface area contributed by atoms with E-state index in [0.29, 0.717) is 5.57 Å². The molecular weight excluding hydrogens is 352 g/mol. The number of ether oxygens (including phenoxy) is 2. The van der Waals surface area contributed by atoms with E-state index in [0.717, 1.165) is 6.08 Å². The Kier molecular flexibility index (Phi) is 6.18. The number of esters is 2. The van der Waals surface area contributed by atoms with Gasteiger partial charge in [0.25, 0.3) is 0 Å². The highest BCUT2D eigenvalue weighted by atomic mass is 16.6. The van der Waals surface area contributed by atoms with Crippen LogP contribution in [0.1, 0.15) is 27.2 Å². The second kappa shape index (κ2) is 8.02. The van der Waals surface area contributed by atoms with E-state index in [1.165, 1.54) is 19.1 Å². The Morgan fingerprint density at radius 2 is 2.15 bits per heavy atom. The first-order chi connectivity index (χ1) is 12.6. The molecule has 0 spiro atoms. The maximum Gasteiger partial charge on any atom is 0.334 e. The summed E-state index contributed by atoms with van der Waals surface area (Å²) in [6.07, 6.45) is 3.41. The lowest BCUT2D eigenvalue weighted by atomic mass is 9.82. The van der Waals surface area contributed by atoms with E-state index in [9.17, 15) is 24.6 Å². The van der Waals surface area contributed by atoms with Crippen LogP contribution >= 0.6 is 0 Å². The Morgan fingerprint density at radius 3 is 2.74 bits per heavy atom. The zero-order valence-electron chi connectivity index (χ0n) is 15.6. The van der Waals surface area contributed by atoms with E-state index in [2.05, 4.69) is 6.58 Å².